The van der Waals surface area contributed by atoms with Gasteiger partial charge < -0.3 is 25.1 Å². The van der Waals surface area contributed by atoms with Gasteiger partial charge in [-0.05, 0) is 37.9 Å². The van der Waals surface area contributed by atoms with Crippen LogP contribution in [0.25, 0.3) is 0 Å². The highest BCUT2D eigenvalue weighted by atomic mass is 32.2. The van der Waals surface area contributed by atoms with Crippen molar-refractivity contribution in [1.29, 1.82) is 0 Å². The number of hydrogen-bond donors (Lipinski definition) is 3. The summed E-state index contributed by atoms with van der Waals surface area (Å²) in [4.78, 5) is 2.20. The molecular weight excluding hydrogens is 508 g/mol. The Balaban J connectivity index is 1.52. The largest absolute Gasteiger partial charge is 0.504 e. The number of furan rings is 1. The van der Waals surface area contributed by atoms with Gasteiger partial charge in [-0.1, -0.05) is 20.8 Å². The molecule has 10 nitrogen and oxygen atoms in total. The number of sulfonamides is 1. The summed E-state index contributed by atoms with van der Waals surface area (Å²) < 4.78 is 42.3. The van der Waals surface area contributed by atoms with Crippen molar-refractivity contribution in [2.24, 2.45) is 5.92 Å². The lowest BCUT2D eigenvalue weighted by Gasteiger charge is -2.32. The second kappa shape index (κ2) is 10.4. The van der Waals surface area contributed by atoms with Gasteiger partial charge in [-0.3, -0.25) is 0 Å². The SMILES string of the molecule is CCN1CCN(S(=O)(=O)c2scc(Nc3nsnc3N[C@@H](c3cc(C)c(C)o3)C(C)C)c2O)CC1. The summed E-state index contributed by atoms with van der Waals surface area (Å²) in [6.07, 6.45) is 0. The average molecular weight is 541 g/mol. The third-order valence-corrected chi connectivity index (χ3v) is 10.2. The molecule has 0 bridgehead atoms. The quantitative estimate of drug-likeness (QED) is 0.362. The number of likely N-dealkylation sites (N-methyl/N-ethyl adjacent to an activating group) is 1. The molecule has 0 radical (unpaired) electrons. The van der Waals surface area contributed by atoms with Gasteiger partial charge in [0.1, 0.15) is 11.5 Å². The lowest BCUT2D eigenvalue weighted by Crippen LogP contribution is -2.48. The van der Waals surface area contributed by atoms with E-state index < -0.39 is 10.0 Å². The zero-order valence-electron chi connectivity index (χ0n) is 20.5. The average Bonchev–Trinajstić information content (AvgIpc) is 3.52. The number of nitrogens with one attached hydrogen (secondary N) is 2. The first-order valence-corrected chi connectivity index (χ1v) is 14.6. The molecular formula is C22H32N6O4S3. The Hall–Kier alpha value is -2.19. The maximum atomic E-state index is 13.2. The number of aromatic nitrogens is 2. The number of anilines is 3. The third kappa shape index (κ3) is 5.33. The van der Waals surface area contributed by atoms with Gasteiger partial charge >= 0.3 is 0 Å². The summed E-state index contributed by atoms with van der Waals surface area (Å²) in [6, 6.07) is 1.88. The van der Waals surface area contributed by atoms with E-state index in [1.165, 1.54) is 4.31 Å². The van der Waals surface area contributed by atoms with Crippen LogP contribution in [0.1, 0.15) is 43.9 Å². The van der Waals surface area contributed by atoms with Crippen molar-refractivity contribution in [3.8, 4) is 5.75 Å². The number of nitrogens with zero attached hydrogens (tertiary/aromatic N) is 4. The van der Waals surface area contributed by atoms with Gasteiger partial charge in [0, 0.05) is 31.6 Å². The number of aromatic hydroxyl groups is 1. The molecule has 1 aliphatic heterocycles. The highest BCUT2D eigenvalue weighted by Gasteiger charge is 2.33. The standard InChI is InChI=1S/C22H32N6O4S3/c1-6-27-7-9-28(10-8-27)35(30,31)22-19(29)16(12-33-22)23-20-21(26-34-25-20)24-18(13(2)3)17-11-14(4)15(5)32-17/h11-13,18,29H,6-10H2,1-5H3,(H,23,25)(H,24,26)/t18-/m1/s1. The minimum atomic E-state index is -3.79. The fourth-order valence-electron chi connectivity index (χ4n) is 3.97. The van der Waals surface area contributed by atoms with Crippen molar-refractivity contribution >= 4 is 50.4 Å². The van der Waals surface area contributed by atoms with Gasteiger partial charge in [-0.15, -0.1) is 11.3 Å². The molecule has 0 unspecified atom stereocenters. The van der Waals surface area contributed by atoms with Crippen LogP contribution < -0.4 is 10.6 Å². The molecule has 1 atom stereocenters. The Morgan fingerprint density at radius 1 is 1.17 bits per heavy atom. The van der Waals surface area contributed by atoms with E-state index in [2.05, 4.69) is 45.1 Å². The molecule has 0 aromatic carbocycles. The van der Waals surface area contributed by atoms with Gasteiger partial charge in [-0.2, -0.15) is 13.1 Å². The molecule has 3 aromatic heterocycles. The van der Waals surface area contributed by atoms with Crippen LogP contribution in [0.4, 0.5) is 17.3 Å². The minimum Gasteiger partial charge on any atom is -0.504 e. The number of thiophene rings is 1. The first-order chi connectivity index (χ1) is 16.6. The highest BCUT2D eigenvalue weighted by molar-refractivity contribution is 7.91. The third-order valence-electron chi connectivity index (χ3n) is 6.28. The van der Waals surface area contributed by atoms with Crippen LogP contribution in [0.3, 0.4) is 0 Å². The normalized spacial score (nSPS) is 16.6. The minimum absolute atomic E-state index is 0.0655. The summed E-state index contributed by atoms with van der Waals surface area (Å²) in [5.41, 5.74) is 1.36. The van der Waals surface area contributed by atoms with E-state index >= 15 is 0 Å². The van der Waals surface area contributed by atoms with Gasteiger partial charge in [0.05, 0.1) is 23.5 Å². The van der Waals surface area contributed by atoms with Crippen LogP contribution in [0.5, 0.6) is 5.75 Å². The fourth-order valence-corrected chi connectivity index (χ4v) is 7.24. The first kappa shape index (κ1) is 25.9. The smallest absolute Gasteiger partial charge is 0.256 e. The molecule has 4 heterocycles. The molecule has 1 saturated heterocycles. The Morgan fingerprint density at radius 2 is 1.86 bits per heavy atom. The van der Waals surface area contributed by atoms with E-state index in [0.717, 1.165) is 46.7 Å². The van der Waals surface area contributed by atoms with Gasteiger partial charge in [0.2, 0.25) is 0 Å². The van der Waals surface area contributed by atoms with E-state index in [1.54, 1.807) is 5.38 Å². The van der Waals surface area contributed by atoms with E-state index in [4.69, 9.17) is 4.42 Å². The molecule has 4 rings (SSSR count). The molecule has 13 heteroatoms. The molecule has 0 amide bonds. The molecule has 192 valence electrons. The topological polar surface area (TPSA) is 124 Å². The van der Waals surface area contributed by atoms with Crippen molar-refractivity contribution in [3.05, 3.63) is 28.5 Å². The predicted molar refractivity (Wildman–Crippen MR) is 139 cm³/mol. The molecule has 0 aliphatic carbocycles. The maximum Gasteiger partial charge on any atom is 0.256 e. The Bertz CT molecular complexity index is 1240. The van der Waals surface area contributed by atoms with Crippen molar-refractivity contribution in [1.82, 2.24) is 18.0 Å². The zero-order chi connectivity index (χ0) is 25.3. The summed E-state index contributed by atoms with van der Waals surface area (Å²) in [5.74, 6) is 2.50. The van der Waals surface area contributed by atoms with Gasteiger partial charge in [-0.25, -0.2) is 8.42 Å². The van der Waals surface area contributed by atoms with Crippen LogP contribution in [0, 0.1) is 19.8 Å². The molecule has 3 N–H and O–H groups in total. The first-order valence-electron chi connectivity index (χ1n) is 11.6. The van der Waals surface area contributed by atoms with Crippen LogP contribution in [-0.2, 0) is 10.0 Å². The Kier molecular flexibility index (Phi) is 7.71. The number of hydrogen-bond acceptors (Lipinski definition) is 11. The molecule has 3 aromatic rings. The van der Waals surface area contributed by atoms with E-state index in [-0.39, 0.29) is 27.6 Å². The van der Waals surface area contributed by atoms with E-state index in [1.807, 2.05) is 19.9 Å². The van der Waals surface area contributed by atoms with E-state index in [9.17, 15) is 13.5 Å². The molecule has 1 fully saturated rings. The number of rotatable bonds is 9. The van der Waals surface area contributed by atoms with Crippen LogP contribution in [0.15, 0.2) is 20.1 Å². The van der Waals surface area contributed by atoms with Crippen LogP contribution in [-0.4, -0.2) is 64.2 Å². The van der Waals surface area contributed by atoms with Crippen molar-refractivity contribution in [3.63, 3.8) is 0 Å². The lowest BCUT2D eigenvalue weighted by molar-refractivity contribution is 0.196. The Labute approximate surface area is 214 Å². The van der Waals surface area contributed by atoms with Crippen molar-refractivity contribution in [2.45, 2.75) is 44.9 Å². The zero-order valence-corrected chi connectivity index (χ0v) is 23.0. The fraction of sp³-hybridized carbons (Fsp3) is 0.545. The van der Waals surface area contributed by atoms with E-state index in [0.29, 0.717) is 37.8 Å². The lowest BCUT2D eigenvalue weighted by atomic mass is 10.0. The highest BCUT2D eigenvalue weighted by Crippen LogP contribution is 2.42. The Morgan fingerprint density at radius 3 is 2.46 bits per heavy atom. The van der Waals surface area contributed by atoms with Crippen LogP contribution in [0.2, 0.25) is 0 Å². The maximum absolute atomic E-state index is 13.2. The van der Waals surface area contributed by atoms with Gasteiger partial charge in [0.15, 0.2) is 21.6 Å². The molecule has 0 spiro atoms. The van der Waals surface area contributed by atoms with Crippen molar-refractivity contribution < 1.29 is 17.9 Å². The molecule has 35 heavy (non-hydrogen) atoms. The summed E-state index contributed by atoms with van der Waals surface area (Å²) in [5, 5.41) is 18.9. The number of piperazine rings is 1. The number of aryl methyl sites for hydroxylation is 2. The van der Waals surface area contributed by atoms with Crippen molar-refractivity contribution in [2.75, 3.05) is 43.4 Å². The summed E-state index contributed by atoms with van der Waals surface area (Å²) in [7, 11) is -3.79. The molecule has 1 aliphatic rings. The summed E-state index contributed by atoms with van der Waals surface area (Å²) >= 11 is 2.02. The van der Waals surface area contributed by atoms with Gasteiger partial charge in [0.25, 0.3) is 10.0 Å². The van der Waals surface area contributed by atoms with Crippen LogP contribution >= 0.6 is 23.1 Å². The monoisotopic (exact) mass is 540 g/mol. The molecule has 0 saturated carbocycles. The predicted octanol–water partition coefficient (Wildman–Crippen LogP) is 4.39. The second-order valence-electron chi connectivity index (χ2n) is 8.96. The second-order valence-corrected chi connectivity index (χ2v) is 12.5. The summed E-state index contributed by atoms with van der Waals surface area (Å²) in [6.45, 7) is 13.2.